The van der Waals surface area contributed by atoms with E-state index in [-0.39, 0.29) is 16.8 Å². The highest BCUT2D eigenvalue weighted by Crippen LogP contribution is 2.35. The Balaban J connectivity index is 3.01. The largest absolute Gasteiger partial charge is 0.491 e. The normalized spacial score (nSPS) is 11.4. The van der Waals surface area contributed by atoms with E-state index in [9.17, 15) is 13.2 Å². The zero-order valence-corrected chi connectivity index (χ0v) is 13.0. The smallest absolute Gasteiger partial charge is 0.416 e. The molecule has 0 aliphatic carbocycles. The van der Waals surface area contributed by atoms with E-state index in [1.54, 1.807) is 0 Å². The summed E-state index contributed by atoms with van der Waals surface area (Å²) < 4.78 is 43.8. The highest BCUT2D eigenvalue weighted by molar-refractivity contribution is 7.80. The number of benzene rings is 1. The van der Waals surface area contributed by atoms with Gasteiger partial charge in [-0.05, 0) is 50.7 Å². The molecule has 1 aromatic carbocycles. The van der Waals surface area contributed by atoms with Crippen LogP contribution in [0.25, 0.3) is 0 Å². The van der Waals surface area contributed by atoms with Gasteiger partial charge in [-0.3, -0.25) is 0 Å². The minimum Gasteiger partial charge on any atom is -0.491 e. The zero-order valence-electron chi connectivity index (χ0n) is 12.2. The molecule has 1 rings (SSSR count). The van der Waals surface area contributed by atoms with Crippen LogP contribution in [-0.2, 0) is 6.18 Å². The van der Waals surface area contributed by atoms with Crippen molar-refractivity contribution in [1.82, 2.24) is 5.32 Å². The SMILES string of the molecule is CCCOc1ccc(C(F)(F)F)cc1NC(=S)NC(C)C. The van der Waals surface area contributed by atoms with Crippen molar-refractivity contribution < 1.29 is 17.9 Å². The van der Waals surface area contributed by atoms with E-state index in [4.69, 9.17) is 17.0 Å². The van der Waals surface area contributed by atoms with Crippen LogP contribution in [0.5, 0.6) is 5.75 Å². The van der Waals surface area contributed by atoms with Crippen LogP contribution in [-0.4, -0.2) is 17.8 Å². The maximum atomic E-state index is 12.8. The quantitative estimate of drug-likeness (QED) is 0.797. The fraction of sp³-hybridized carbons (Fsp3) is 0.500. The first-order chi connectivity index (χ1) is 9.74. The third-order valence-corrected chi connectivity index (χ3v) is 2.66. The Labute approximate surface area is 127 Å². The molecule has 0 amide bonds. The lowest BCUT2D eigenvalue weighted by Crippen LogP contribution is -2.34. The lowest BCUT2D eigenvalue weighted by Gasteiger charge is -2.18. The Kier molecular flexibility index (Phi) is 6.26. The predicted molar refractivity (Wildman–Crippen MR) is 81.7 cm³/mol. The average molecular weight is 320 g/mol. The number of rotatable bonds is 5. The van der Waals surface area contributed by atoms with E-state index in [0.29, 0.717) is 12.4 Å². The van der Waals surface area contributed by atoms with Crippen molar-refractivity contribution >= 4 is 23.0 Å². The molecule has 2 N–H and O–H groups in total. The molecular weight excluding hydrogens is 301 g/mol. The van der Waals surface area contributed by atoms with Crippen molar-refractivity contribution in [2.24, 2.45) is 0 Å². The summed E-state index contributed by atoms with van der Waals surface area (Å²) in [5, 5.41) is 5.93. The third kappa shape index (κ3) is 5.79. The number of nitrogens with one attached hydrogen (secondary N) is 2. The molecule has 0 radical (unpaired) electrons. The van der Waals surface area contributed by atoms with Crippen molar-refractivity contribution in [2.75, 3.05) is 11.9 Å². The molecule has 0 atom stereocenters. The molecule has 0 heterocycles. The highest BCUT2D eigenvalue weighted by Gasteiger charge is 2.31. The standard InChI is InChI=1S/C14H19F3N2OS/c1-4-7-20-12-6-5-10(14(15,16)17)8-11(12)19-13(21)18-9(2)3/h5-6,8-9H,4,7H2,1-3H3,(H2,18,19,21). The Hall–Kier alpha value is -1.50. The molecule has 0 unspecified atom stereocenters. The maximum absolute atomic E-state index is 12.8. The Morgan fingerprint density at radius 2 is 2.00 bits per heavy atom. The second-order valence-electron chi connectivity index (χ2n) is 4.81. The number of alkyl halides is 3. The highest BCUT2D eigenvalue weighted by atomic mass is 32.1. The lowest BCUT2D eigenvalue weighted by atomic mass is 10.2. The van der Waals surface area contributed by atoms with Gasteiger partial charge in [0.2, 0.25) is 0 Å². The summed E-state index contributed by atoms with van der Waals surface area (Å²) in [5.41, 5.74) is -0.544. The number of hydrogen-bond acceptors (Lipinski definition) is 2. The van der Waals surface area contributed by atoms with Crippen LogP contribution < -0.4 is 15.4 Å². The summed E-state index contributed by atoms with van der Waals surface area (Å²) in [7, 11) is 0. The summed E-state index contributed by atoms with van der Waals surface area (Å²) in [6, 6.07) is 3.38. The van der Waals surface area contributed by atoms with Crippen LogP contribution in [0.1, 0.15) is 32.8 Å². The van der Waals surface area contributed by atoms with E-state index in [2.05, 4.69) is 10.6 Å². The fourth-order valence-electron chi connectivity index (χ4n) is 1.56. The molecular formula is C14H19F3N2OS. The van der Waals surface area contributed by atoms with Gasteiger partial charge in [-0.25, -0.2) is 0 Å². The van der Waals surface area contributed by atoms with Crippen molar-refractivity contribution in [3.63, 3.8) is 0 Å². The Morgan fingerprint density at radius 3 is 2.52 bits per heavy atom. The van der Waals surface area contributed by atoms with Crippen LogP contribution in [0.3, 0.4) is 0 Å². The third-order valence-electron chi connectivity index (χ3n) is 2.44. The molecule has 0 aliphatic heterocycles. The second-order valence-corrected chi connectivity index (χ2v) is 5.22. The van der Waals surface area contributed by atoms with Crippen molar-refractivity contribution in [3.8, 4) is 5.75 Å². The molecule has 0 fully saturated rings. The predicted octanol–water partition coefficient (Wildman–Crippen LogP) is 4.19. The first-order valence-corrected chi connectivity index (χ1v) is 7.06. The number of thiocarbonyl (C=S) groups is 1. The van der Waals surface area contributed by atoms with E-state index in [1.807, 2.05) is 20.8 Å². The van der Waals surface area contributed by atoms with Crippen LogP contribution >= 0.6 is 12.2 Å². The number of ether oxygens (including phenoxy) is 1. The van der Waals surface area contributed by atoms with Crippen LogP contribution in [0.15, 0.2) is 18.2 Å². The molecule has 0 saturated carbocycles. The van der Waals surface area contributed by atoms with Gasteiger partial charge in [0.15, 0.2) is 5.11 Å². The monoisotopic (exact) mass is 320 g/mol. The number of hydrogen-bond donors (Lipinski definition) is 2. The number of anilines is 1. The van der Waals surface area contributed by atoms with Gasteiger partial charge in [0, 0.05) is 6.04 Å². The summed E-state index contributed by atoms with van der Waals surface area (Å²) in [6.45, 7) is 6.11. The van der Waals surface area contributed by atoms with E-state index >= 15 is 0 Å². The van der Waals surface area contributed by atoms with E-state index < -0.39 is 11.7 Å². The number of halogens is 3. The van der Waals surface area contributed by atoms with Gasteiger partial charge in [0.25, 0.3) is 0 Å². The summed E-state index contributed by atoms with van der Waals surface area (Å²) in [5.74, 6) is 0.345. The Bertz CT molecular complexity index is 490. The van der Waals surface area contributed by atoms with Crippen LogP contribution in [0, 0.1) is 0 Å². The molecule has 21 heavy (non-hydrogen) atoms. The minimum absolute atomic E-state index is 0.0795. The van der Waals surface area contributed by atoms with Gasteiger partial charge >= 0.3 is 6.18 Å². The van der Waals surface area contributed by atoms with Crippen LogP contribution in [0.2, 0.25) is 0 Å². The van der Waals surface area contributed by atoms with Crippen molar-refractivity contribution in [1.29, 1.82) is 0 Å². The van der Waals surface area contributed by atoms with E-state index in [0.717, 1.165) is 18.6 Å². The van der Waals surface area contributed by atoms with Gasteiger partial charge < -0.3 is 15.4 Å². The van der Waals surface area contributed by atoms with Crippen LogP contribution in [0.4, 0.5) is 18.9 Å². The molecule has 1 aromatic rings. The summed E-state index contributed by atoms with van der Waals surface area (Å²) in [6.07, 6.45) is -3.65. The topological polar surface area (TPSA) is 33.3 Å². The van der Waals surface area contributed by atoms with Gasteiger partial charge in [0.1, 0.15) is 5.75 Å². The molecule has 3 nitrogen and oxygen atoms in total. The minimum atomic E-state index is -4.41. The van der Waals surface area contributed by atoms with Gasteiger partial charge in [-0.2, -0.15) is 13.2 Å². The van der Waals surface area contributed by atoms with Gasteiger partial charge in [-0.1, -0.05) is 6.92 Å². The maximum Gasteiger partial charge on any atom is 0.416 e. The van der Waals surface area contributed by atoms with Crippen molar-refractivity contribution in [3.05, 3.63) is 23.8 Å². The Morgan fingerprint density at radius 1 is 1.33 bits per heavy atom. The summed E-state index contributed by atoms with van der Waals surface area (Å²) in [4.78, 5) is 0. The molecule has 0 saturated heterocycles. The van der Waals surface area contributed by atoms with Gasteiger partial charge in [-0.15, -0.1) is 0 Å². The molecule has 0 bridgehead atoms. The zero-order chi connectivity index (χ0) is 16.0. The molecule has 0 aromatic heterocycles. The lowest BCUT2D eigenvalue weighted by molar-refractivity contribution is -0.137. The first kappa shape index (κ1) is 17.6. The summed E-state index contributed by atoms with van der Waals surface area (Å²) >= 11 is 5.06. The fourth-order valence-corrected chi connectivity index (χ4v) is 1.91. The second kappa shape index (κ2) is 7.49. The average Bonchev–Trinajstić information content (AvgIpc) is 2.35. The first-order valence-electron chi connectivity index (χ1n) is 6.65. The molecule has 0 aliphatic rings. The molecule has 7 heteroatoms. The molecule has 118 valence electrons. The van der Waals surface area contributed by atoms with Gasteiger partial charge in [0.05, 0.1) is 17.9 Å². The van der Waals surface area contributed by atoms with Crippen molar-refractivity contribution in [2.45, 2.75) is 39.4 Å². The van der Waals surface area contributed by atoms with E-state index in [1.165, 1.54) is 6.07 Å². The molecule has 0 spiro atoms.